The van der Waals surface area contributed by atoms with Crippen molar-refractivity contribution in [3.63, 3.8) is 0 Å². The van der Waals surface area contributed by atoms with E-state index in [1.165, 1.54) is 0 Å². The molecule has 1 aliphatic heterocycles. The summed E-state index contributed by atoms with van der Waals surface area (Å²) >= 11 is 0. The fourth-order valence-corrected chi connectivity index (χ4v) is 3.81. The fourth-order valence-electron chi connectivity index (χ4n) is 3.81. The highest BCUT2D eigenvalue weighted by molar-refractivity contribution is 5.96. The van der Waals surface area contributed by atoms with Crippen LogP contribution in [0.15, 0.2) is 30.3 Å². The Morgan fingerprint density at radius 2 is 1.92 bits per heavy atom. The third-order valence-electron chi connectivity index (χ3n) is 4.94. The quantitative estimate of drug-likeness (QED) is 0.865. The molecule has 0 unspecified atom stereocenters. The van der Waals surface area contributed by atoms with Crippen molar-refractivity contribution >= 4 is 17.7 Å². The zero-order valence-electron chi connectivity index (χ0n) is 14.7. The van der Waals surface area contributed by atoms with Gasteiger partial charge in [-0.1, -0.05) is 18.2 Å². The van der Waals surface area contributed by atoms with E-state index >= 15 is 0 Å². The van der Waals surface area contributed by atoms with Crippen LogP contribution in [0.5, 0.6) is 0 Å². The number of rotatable bonds is 3. The molecule has 2 aliphatic rings. The van der Waals surface area contributed by atoms with E-state index in [0.29, 0.717) is 24.9 Å². The molecule has 134 valence electrons. The van der Waals surface area contributed by atoms with E-state index in [1.807, 2.05) is 32.0 Å². The number of hydrogen-bond donors (Lipinski definition) is 2. The van der Waals surface area contributed by atoms with Gasteiger partial charge in [-0.15, -0.1) is 0 Å². The van der Waals surface area contributed by atoms with Crippen LogP contribution in [0.2, 0.25) is 0 Å². The predicted molar refractivity (Wildman–Crippen MR) is 93.8 cm³/mol. The van der Waals surface area contributed by atoms with E-state index in [2.05, 4.69) is 10.6 Å². The molecular weight excluding hydrogens is 318 g/mol. The molecule has 0 spiro atoms. The highest BCUT2D eigenvalue weighted by atomic mass is 16.2. The Labute approximate surface area is 148 Å². The van der Waals surface area contributed by atoms with E-state index in [0.717, 1.165) is 0 Å². The molecule has 25 heavy (non-hydrogen) atoms. The second-order valence-corrected chi connectivity index (χ2v) is 7.32. The van der Waals surface area contributed by atoms with Crippen LogP contribution in [0.1, 0.15) is 37.0 Å². The van der Waals surface area contributed by atoms with Crippen LogP contribution < -0.4 is 10.6 Å². The number of hydrogen-bond acceptors (Lipinski definition) is 3. The molecule has 1 aliphatic carbocycles. The van der Waals surface area contributed by atoms with Gasteiger partial charge in [0.25, 0.3) is 5.91 Å². The molecule has 1 saturated carbocycles. The second-order valence-electron chi connectivity index (χ2n) is 7.32. The van der Waals surface area contributed by atoms with Gasteiger partial charge in [0.1, 0.15) is 0 Å². The first-order chi connectivity index (χ1) is 11.9. The Morgan fingerprint density at radius 1 is 1.20 bits per heavy atom. The van der Waals surface area contributed by atoms with Crippen molar-refractivity contribution in [1.29, 1.82) is 0 Å². The smallest absolute Gasteiger partial charge is 0.254 e. The monoisotopic (exact) mass is 343 g/mol. The maximum absolute atomic E-state index is 12.7. The molecule has 0 aromatic heterocycles. The lowest BCUT2D eigenvalue weighted by atomic mass is 10.0. The fraction of sp³-hybridized carbons (Fsp3) is 0.526. The Hall–Kier alpha value is -2.37. The summed E-state index contributed by atoms with van der Waals surface area (Å²) in [4.78, 5) is 38.8. The summed E-state index contributed by atoms with van der Waals surface area (Å²) in [5.74, 6) is -0.238. The third-order valence-corrected chi connectivity index (χ3v) is 4.94. The summed E-state index contributed by atoms with van der Waals surface area (Å²) < 4.78 is 0. The van der Waals surface area contributed by atoms with Gasteiger partial charge in [0.2, 0.25) is 11.8 Å². The summed E-state index contributed by atoms with van der Waals surface area (Å²) in [6.45, 7) is 4.45. The number of carbonyl (C=O) groups is 3. The molecule has 6 nitrogen and oxygen atoms in total. The summed E-state index contributed by atoms with van der Waals surface area (Å²) in [7, 11) is 0. The largest absolute Gasteiger partial charge is 0.354 e. The van der Waals surface area contributed by atoms with Crippen molar-refractivity contribution in [2.75, 3.05) is 13.1 Å². The van der Waals surface area contributed by atoms with Crippen LogP contribution in [-0.2, 0) is 9.59 Å². The van der Waals surface area contributed by atoms with Crippen molar-refractivity contribution in [2.24, 2.45) is 11.8 Å². The lowest BCUT2D eigenvalue weighted by molar-refractivity contribution is -0.126. The van der Waals surface area contributed by atoms with E-state index in [-0.39, 0.29) is 48.2 Å². The van der Waals surface area contributed by atoms with E-state index in [4.69, 9.17) is 0 Å². The van der Waals surface area contributed by atoms with Crippen LogP contribution in [0.3, 0.4) is 0 Å². The Kier molecular flexibility index (Phi) is 5.06. The minimum atomic E-state index is -0.151. The molecule has 2 fully saturated rings. The van der Waals surface area contributed by atoms with Gasteiger partial charge in [-0.05, 0) is 44.7 Å². The van der Waals surface area contributed by atoms with Gasteiger partial charge in [-0.3, -0.25) is 14.4 Å². The van der Waals surface area contributed by atoms with Crippen LogP contribution in [-0.4, -0.2) is 47.8 Å². The van der Waals surface area contributed by atoms with Crippen molar-refractivity contribution in [1.82, 2.24) is 15.5 Å². The van der Waals surface area contributed by atoms with Crippen LogP contribution in [0.4, 0.5) is 0 Å². The van der Waals surface area contributed by atoms with Gasteiger partial charge in [0, 0.05) is 30.1 Å². The maximum atomic E-state index is 12.7. The predicted octanol–water partition coefficient (Wildman–Crippen LogP) is 1.18. The Bertz CT molecular complexity index is 659. The lowest BCUT2D eigenvalue weighted by Crippen LogP contribution is -2.40. The van der Waals surface area contributed by atoms with E-state index in [1.54, 1.807) is 17.0 Å². The number of nitrogens with one attached hydrogen (secondary N) is 2. The van der Waals surface area contributed by atoms with Crippen molar-refractivity contribution in [2.45, 2.75) is 38.8 Å². The maximum Gasteiger partial charge on any atom is 0.254 e. The van der Waals surface area contributed by atoms with Gasteiger partial charge >= 0.3 is 0 Å². The number of amides is 3. The van der Waals surface area contributed by atoms with Crippen LogP contribution in [0, 0.1) is 11.8 Å². The molecule has 3 rings (SSSR count). The summed E-state index contributed by atoms with van der Waals surface area (Å²) in [5.41, 5.74) is 0.584. The number of carbonyl (C=O) groups excluding carboxylic acids is 3. The first-order valence-electron chi connectivity index (χ1n) is 8.88. The Morgan fingerprint density at radius 3 is 2.60 bits per heavy atom. The molecule has 1 aromatic carbocycles. The summed E-state index contributed by atoms with van der Waals surface area (Å²) in [5, 5.41) is 5.95. The molecular formula is C19H25N3O3. The first kappa shape index (κ1) is 17.5. The van der Waals surface area contributed by atoms with Gasteiger partial charge in [0.15, 0.2) is 0 Å². The molecule has 2 N–H and O–H groups in total. The molecule has 1 saturated heterocycles. The SMILES string of the molecule is CC(C)NC(=O)[C@H]1C[C@@H]2CN(C(=O)c3ccccc3)CC(=O)N[C@@H]2C1. The molecule has 0 radical (unpaired) electrons. The number of benzene rings is 1. The standard InChI is InChI=1S/C19H25N3O3/c1-12(2)20-18(24)14-8-15-10-22(11-17(23)21-16(15)9-14)19(25)13-6-4-3-5-7-13/h3-7,12,14-16H,8-11H2,1-2H3,(H,20,24)(H,21,23)/t14-,15+,16+/m0/s1. The summed E-state index contributed by atoms with van der Waals surface area (Å²) in [6, 6.07) is 9.07. The number of nitrogens with zero attached hydrogens (tertiary/aromatic N) is 1. The molecule has 3 atom stereocenters. The minimum Gasteiger partial charge on any atom is -0.354 e. The van der Waals surface area contributed by atoms with Gasteiger partial charge < -0.3 is 15.5 Å². The summed E-state index contributed by atoms with van der Waals surface area (Å²) in [6.07, 6.45) is 1.34. The topological polar surface area (TPSA) is 78.5 Å². The van der Waals surface area contributed by atoms with Crippen LogP contribution >= 0.6 is 0 Å². The van der Waals surface area contributed by atoms with Gasteiger partial charge in [-0.2, -0.15) is 0 Å². The third kappa shape index (κ3) is 4.00. The highest BCUT2D eigenvalue weighted by Gasteiger charge is 2.42. The average molecular weight is 343 g/mol. The molecule has 3 amide bonds. The molecule has 0 bridgehead atoms. The van der Waals surface area contributed by atoms with Gasteiger partial charge in [0.05, 0.1) is 6.54 Å². The zero-order valence-corrected chi connectivity index (χ0v) is 14.7. The normalized spacial score (nSPS) is 26.0. The number of fused-ring (bicyclic) bond motifs is 1. The van der Waals surface area contributed by atoms with Gasteiger partial charge in [-0.25, -0.2) is 0 Å². The van der Waals surface area contributed by atoms with Crippen molar-refractivity contribution in [3.8, 4) is 0 Å². The van der Waals surface area contributed by atoms with E-state index in [9.17, 15) is 14.4 Å². The first-order valence-corrected chi connectivity index (χ1v) is 8.88. The van der Waals surface area contributed by atoms with Crippen molar-refractivity contribution in [3.05, 3.63) is 35.9 Å². The molecule has 1 heterocycles. The van der Waals surface area contributed by atoms with Crippen molar-refractivity contribution < 1.29 is 14.4 Å². The zero-order chi connectivity index (χ0) is 18.0. The van der Waals surface area contributed by atoms with Crippen LogP contribution in [0.25, 0.3) is 0 Å². The lowest BCUT2D eigenvalue weighted by Gasteiger charge is -2.23. The second kappa shape index (κ2) is 7.25. The Balaban J connectivity index is 1.71. The van der Waals surface area contributed by atoms with E-state index < -0.39 is 0 Å². The molecule has 6 heteroatoms. The molecule has 1 aromatic rings. The highest BCUT2D eigenvalue weighted by Crippen LogP contribution is 2.33. The average Bonchev–Trinajstić information content (AvgIpc) is 2.89. The minimum absolute atomic E-state index is 0.0380.